The summed E-state index contributed by atoms with van der Waals surface area (Å²) in [6, 6.07) is 10.1. The summed E-state index contributed by atoms with van der Waals surface area (Å²) < 4.78 is 13.1. The van der Waals surface area contributed by atoms with Gasteiger partial charge < -0.3 is 19.4 Å². The fraction of sp³-hybridized carbons (Fsp3) is 0.321. The van der Waals surface area contributed by atoms with Gasteiger partial charge in [-0.3, -0.25) is 9.67 Å². The number of imidazole rings is 1. The van der Waals surface area contributed by atoms with E-state index in [2.05, 4.69) is 30.9 Å². The van der Waals surface area contributed by atoms with Crippen LogP contribution in [0.1, 0.15) is 44.0 Å². The molecule has 1 aliphatic rings. The highest BCUT2D eigenvalue weighted by Crippen LogP contribution is 2.34. The second kappa shape index (κ2) is 10.5. The monoisotopic (exact) mass is 510 g/mol. The number of nitrogens with zero attached hydrogens (tertiary/aromatic N) is 7. The van der Waals surface area contributed by atoms with Gasteiger partial charge in [-0.05, 0) is 25.0 Å². The molecule has 194 valence electrons. The summed E-state index contributed by atoms with van der Waals surface area (Å²) in [7, 11) is 3.27. The average molecular weight is 511 g/mol. The third-order valence-electron chi connectivity index (χ3n) is 7.03. The van der Waals surface area contributed by atoms with Gasteiger partial charge in [-0.1, -0.05) is 19.3 Å². The van der Waals surface area contributed by atoms with E-state index in [0.29, 0.717) is 35.6 Å². The fourth-order valence-corrected chi connectivity index (χ4v) is 4.98. The molecular weight excluding hydrogens is 480 g/mol. The van der Waals surface area contributed by atoms with E-state index in [4.69, 9.17) is 19.4 Å². The Morgan fingerprint density at radius 3 is 2.53 bits per heavy atom. The second-order valence-electron chi connectivity index (χ2n) is 9.46. The number of fused-ring (bicyclic) bond motifs is 1. The van der Waals surface area contributed by atoms with E-state index in [0.717, 1.165) is 28.3 Å². The van der Waals surface area contributed by atoms with Gasteiger partial charge in [0.2, 0.25) is 0 Å². The van der Waals surface area contributed by atoms with Crippen LogP contribution in [0.3, 0.4) is 0 Å². The number of methoxy groups -OCH3 is 2. The Bertz CT molecular complexity index is 1500. The fourth-order valence-electron chi connectivity index (χ4n) is 4.98. The van der Waals surface area contributed by atoms with Crippen molar-refractivity contribution >= 4 is 22.7 Å². The van der Waals surface area contributed by atoms with Gasteiger partial charge >= 0.3 is 0 Å². The molecule has 0 radical (unpaired) electrons. The maximum absolute atomic E-state index is 5.52. The summed E-state index contributed by atoms with van der Waals surface area (Å²) in [5.74, 6) is 2.86. The molecule has 4 aromatic heterocycles. The first-order valence-electron chi connectivity index (χ1n) is 12.9. The van der Waals surface area contributed by atoms with Crippen molar-refractivity contribution in [3.63, 3.8) is 0 Å². The molecule has 0 atom stereocenters. The SMILES string of the molecule is COc1cc(OC)cc(N(Cc2ncc[nH]2)c2ccc3ncc(-c4cnn(C5CCCCC5)c4)nc3n2)c1. The molecule has 5 aromatic rings. The number of ether oxygens (including phenoxy) is 2. The van der Waals surface area contributed by atoms with Crippen molar-refractivity contribution in [2.24, 2.45) is 0 Å². The molecule has 0 saturated heterocycles. The number of nitrogens with one attached hydrogen (secondary N) is 1. The lowest BCUT2D eigenvalue weighted by molar-refractivity contribution is 0.329. The number of aromatic amines is 1. The van der Waals surface area contributed by atoms with Crippen LogP contribution in [-0.4, -0.2) is 48.9 Å². The number of aromatic nitrogens is 7. The molecule has 0 amide bonds. The number of hydrogen-bond acceptors (Lipinski definition) is 8. The molecule has 0 spiro atoms. The van der Waals surface area contributed by atoms with Gasteiger partial charge in [0.05, 0.1) is 50.6 Å². The molecule has 1 N–H and O–H groups in total. The first-order valence-corrected chi connectivity index (χ1v) is 12.9. The molecule has 1 fully saturated rings. The molecule has 1 aliphatic carbocycles. The molecule has 0 bridgehead atoms. The summed E-state index contributed by atoms with van der Waals surface area (Å²) >= 11 is 0. The summed E-state index contributed by atoms with van der Waals surface area (Å²) in [6.07, 6.45) is 15.5. The van der Waals surface area contributed by atoms with Crippen LogP contribution in [0.4, 0.5) is 11.5 Å². The van der Waals surface area contributed by atoms with Gasteiger partial charge in [0.15, 0.2) is 5.65 Å². The van der Waals surface area contributed by atoms with Crippen LogP contribution in [0, 0.1) is 0 Å². The molecule has 0 aliphatic heterocycles. The zero-order valence-corrected chi connectivity index (χ0v) is 21.5. The predicted octanol–water partition coefficient (Wildman–Crippen LogP) is 5.47. The topological polar surface area (TPSA) is 107 Å². The standard InChI is InChI=1S/C28H30N8O2/c1-37-22-12-21(13-23(14-22)38-2)35(18-26-29-10-11-30-26)27-9-8-24-28(34-27)33-25(16-31-24)19-15-32-36(17-19)20-6-4-3-5-7-20/h8-17,20H,3-7,18H2,1-2H3,(H,29,30). The molecular formula is C28H30N8O2. The van der Waals surface area contributed by atoms with E-state index in [-0.39, 0.29) is 0 Å². The number of rotatable bonds is 8. The quantitative estimate of drug-likeness (QED) is 0.293. The Kier molecular flexibility index (Phi) is 6.60. The molecule has 1 saturated carbocycles. The zero-order chi connectivity index (χ0) is 25.9. The van der Waals surface area contributed by atoms with Crippen molar-refractivity contribution in [2.45, 2.75) is 44.7 Å². The van der Waals surface area contributed by atoms with Gasteiger partial charge in [0.1, 0.15) is 28.7 Å². The molecule has 10 heteroatoms. The van der Waals surface area contributed by atoms with Crippen molar-refractivity contribution in [3.05, 3.63) is 67.1 Å². The normalized spacial score (nSPS) is 14.1. The van der Waals surface area contributed by atoms with Crippen LogP contribution >= 0.6 is 0 Å². The highest BCUT2D eigenvalue weighted by molar-refractivity contribution is 5.77. The summed E-state index contributed by atoms with van der Waals surface area (Å²) in [6.45, 7) is 0.461. The van der Waals surface area contributed by atoms with Gasteiger partial charge in [0, 0.05) is 42.4 Å². The van der Waals surface area contributed by atoms with Crippen molar-refractivity contribution in [1.29, 1.82) is 0 Å². The van der Waals surface area contributed by atoms with E-state index in [1.807, 2.05) is 41.4 Å². The highest BCUT2D eigenvalue weighted by atomic mass is 16.5. The van der Waals surface area contributed by atoms with E-state index in [1.54, 1.807) is 32.8 Å². The molecule has 38 heavy (non-hydrogen) atoms. The van der Waals surface area contributed by atoms with Crippen LogP contribution in [0.5, 0.6) is 11.5 Å². The van der Waals surface area contributed by atoms with Crippen LogP contribution < -0.4 is 14.4 Å². The Hall–Kier alpha value is -4.47. The maximum atomic E-state index is 5.52. The lowest BCUT2D eigenvalue weighted by Crippen LogP contribution is -2.19. The summed E-state index contributed by atoms with van der Waals surface area (Å²) in [5, 5.41) is 4.64. The molecule has 1 aromatic carbocycles. The molecule has 4 heterocycles. The Morgan fingerprint density at radius 1 is 0.974 bits per heavy atom. The van der Waals surface area contributed by atoms with Crippen molar-refractivity contribution in [2.75, 3.05) is 19.1 Å². The van der Waals surface area contributed by atoms with Crippen LogP contribution in [0.15, 0.2) is 61.3 Å². The summed E-state index contributed by atoms with van der Waals surface area (Å²) in [4.78, 5) is 24.1. The van der Waals surface area contributed by atoms with E-state index in [9.17, 15) is 0 Å². The first-order chi connectivity index (χ1) is 18.7. The molecule has 6 rings (SSSR count). The van der Waals surface area contributed by atoms with Gasteiger partial charge in [0.25, 0.3) is 0 Å². The third kappa shape index (κ3) is 4.89. The highest BCUT2D eigenvalue weighted by Gasteiger charge is 2.19. The number of hydrogen-bond donors (Lipinski definition) is 1. The van der Waals surface area contributed by atoms with Crippen molar-refractivity contribution in [1.82, 2.24) is 34.7 Å². The van der Waals surface area contributed by atoms with Crippen molar-refractivity contribution in [3.8, 4) is 22.8 Å². The Morgan fingerprint density at radius 2 is 1.79 bits per heavy atom. The zero-order valence-electron chi connectivity index (χ0n) is 21.5. The van der Waals surface area contributed by atoms with E-state index in [1.165, 1.54) is 32.1 Å². The molecule has 0 unspecified atom stereocenters. The van der Waals surface area contributed by atoms with Gasteiger partial charge in [-0.2, -0.15) is 5.10 Å². The van der Waals surface area contributed by atoms with E-state index < -0.39 is 0 Å². The lowest BCUT2D eigenvalue weighted by Gasteiger charge is -2.24. The van der Waals surface area contributed by atoms with E-state index >= 15 is 0 Å². The second-order valence-corrected chi connectivity index (χ2v) is 9.46. The minimum atomic E-state index is 0.461. The number of pyridine rings is 1. The maximum Gasteiger partial charge on any atom is 0.180 e. The van der Waals surface area contributed by atoms with Gasteiger partial charge in [-0.25, -0.2) is 15.0 Å². The summed E-state index contributed by atoms with van der Waals surface area (Å²) in [5.41, 5.74) is 3.83. The van der Waals surface area contributed by atoms with Crippen LogP contribution in [0.2, 0.25) is 0 Å². The van der Waals surface area contributed by atoms with Gasteiger partial charge in [-0.15, -0.1) is 0 Å². The minimum absolute atomic E-state index is 0.461. The first kappa shape index (κ1) is 23.9. The Balaban J connectivity index is 1.37. The largest absolute Gasteiger partial charge is 0.497 e. The van der Waals surface area contributed by atoms with Crippen LogP contribution in [0.25, 0.3) is 22.4 Å². The number of H-pyrrole nitrogens is 1. The Labute approximate surface area is 220 Å². The average Bonchev–Trinajstić information content (AvgIpc) is 3.68. The van der Waals surface area contributed by atoms with Crippen LogP contribution in [-0.2, 0) is 6.54 Å². The predicted molar refractivity (Wildman–Crippen MR) is 145 cm³/mol. The smallest absolute Gasteiger partial charge is 0.180 e. The minimum Gasteiger partial charge on any atom is -0.497 e. The third-order valence-corrected chi connectivity index (χ3v) is 7.03. The number of benzene rings is 1. The number of anilines is 2. The van der Waals surface area contributed by atoms with Crippen molar-refractivity contribution < 1.29 is 9.47 Å². The lowest BCUT2D eigenvalue weighted by atomic mass is 9.96. The molecule has 10 nitrogen and oxygen atoms in total.